The molecular formula is C34H50N2O. The maximum Gasteiger partial charge on any atom is 0.0480 e. The zero-order chi connectivity index (χ0) is 26.4. The van der Waals surface area contributed by atoms with Crippen LogP contribution in [-0.2, 0) is 4.74 Å². The van der Waals surface area contributed by atoms with Crippen LogP contribution in [-0.4, -0.2) is 43.0 Å². The Morgan fingerprint density at radius 1 is 1.08 bits per heavy atom. The number of nitrogens with one attached hydrogen (secondary N) is 1. The van der Waals surface area contributed by atoms with Crippen molar-refractivity contribution in [3.8, 4) is 0 Å². The second-order valence-electron chi connectivity index (χ2n) is 11.9. The number of rotatable bonds is 7. The second kappa shape index (κ2) is 13.2. The number of aryl methyl sites for hydroxylation is 1. The molecule has 0 unspecified atom stereocenters. The number of piperidine rings is 1. The summed E-state index contributed by atoms with van der Waals surface area (Å²) in [5.41, 5.74) is 10.7. The Morgan fingerprint density at radius 2 is 1.81 bits per heavy atom. The van der Waals surface area contributed by atoms with Crippen LogP contribution in [0.5, 0.6) is 0 Å². The third-order valence-electron chi connectivity index (χ3n) is 8.85. The van der Waals surface area contributed by atoms with Crippen molar-refractivity contribution in [2.45, 2.75) is 104 Å². The molecule has 0 spiro atoms. The molecule has 202 valence electrons. The van der Waals surface area contributed by atoms with Crippen molar-refractivity contribution in [2.75, 3.05) is 26.3 Å². The van der Waals surface area contributed by atoms with Crippen molar-refractivity contribution in [3.63, 3.8) is 0 Å². The molecular weight excluding hydrogens is 452 g/mol. The van der Waals surface area contributed by atoms with E-state index in [1.165, 1.54) is 72.2 Å². The Labute approximate surface area is 226 Å². The van der Waals surface area contributed by atoms with E-state index in [4.69, 9.17) is 10.1 Å². The van der Waals surface area contributed by atoms with Crippen LogP contribution in [0.2, 0.25) is 0 Å². The molecule has 0 amide bonds. The van der Waals surface area contributed by atoms with Crippen LogP contribution in [0, 0.1) is 18.3 Å². The molecule has 37 heavy (non-hydrogen) atoms. The Bertz CT molecular complexity index is 1030. The molecule has 0 aromatic heterocycles. The van der Waals surface area contributed by atoms with Crippen molar-refractivity contribution >= 4 is 11.3 Å². The minimum absolute atomic E-state index is 0.449. The molecule has 2 fully saturated rings. The summed E-state index contributed by atoms with van der Waals surface area (Å²) in [4.78, 5) is 2.74. The first-order valence-corrected chi connectivity index (χ1v) is 15.0. The minimum Gasteiger partial charge on any atom is -0.381 e. The van der Waals surface area contributed by atoms with Crippen molar-refractivity contribution < 1.29 is 4.74 Å². The van der Waals surface area contributed by atoms with Gasteiger partial charge < -0.3 is 15.0 Å². The van der Waals surface area contributed by atoms with E-state index in [1.54, 1.807) is 0 Å². The van der Waals surface area contributed by atoms with Crippen LogP contribution >= 0.6 is 0 Å². The molecule has 0 atom stereocenters. The quantitative estimate of drug-likeness (QED) is 0.405. The molecule has 2 heterocycles. The highest BCUT2D eigenvalue weighted by Crippen LogP contribution is 2.39. The maximum atomic E-state index is 8.45. The summed E-state index contributed by atoms with van der Waals surface area (Å²) in [6.45, 7) is 15.8. The van der Waals surface area contributed by atoms with Gasteiger partial charge in [0, 0.05) is 25.0 Å². The summed E-state index contributed by atoms with van der Waals surface area (Å²) < 4.78 is 5.60. The fourth-order valence-electron chi connectivity index (χ4n) is 6.66. The molecule has 3 aliphatic rings. The van der Waals surface area contributed by atoms with Gasteiger partial charge in [0.15, 0.2) is 0 Å². The van der Waals surface area contributed by atoms with E-state index in [0.29, 0.717) is 11.8 Å². The number of ether oxygens (including phenoxy) is 1. The smallest absolute Gasteiger partial charge is 0.0480 e. The first-order chi connectivity index (χ1) is 17.9. The Morgan fingerprint density at radius 3 is 2.49 bits per heavy atom. The summed E-state index contributed by atoms with van der Waals surface area (Å²) in [6.07, 6.45) is 14.9. The Hall–Kier alpha value is -1.97. The lowest BCUT2D eigenvalue weighted by Gasteiger charge is -2.39. The molecule has 1 aromatic carbocycles. The van der Waals surface area contributed by atoms with Gasteiger partial charge in [-0.1, -0.05) is 57.5 Å². The molecule has 3 nitrogen and oxygen atoms in total. The highest BCUT2D eigenvalue weighted by molar-refractivity contribution is 5.98. The molecule has 0 bridgehead atoms. The topological polar surface area (TPSA) is 36.3 Å². The molecule has 2 saturated heterocycles. The van der Waals surface area contributed by atoms with E-state index < -0.39 is 0 Å². The molecule has 1 aromatic rings. The van der Waals surface area contributed by atoms with Gasteiger partial charge in [-0.2, -0.15) is 0 Å². The fourth-order valence-corrected chi connectivity index (χ4v) is 6.66. The molecule has 0 saturated carbocycles. The van der Waals surface area contributed by atoms with Gasteiger partial charge in [0.1, 0.15) is 0 Å². The van der Waals surface area contributed by atoms with Crippen LogP contribution in [0.4, 0.5) is 0 Å². The second-order valence-corrected chi connectivity index (χ2v) is 11.9. The third-order valence-corrected chi connectivity index (χ3v) is 8.85. The summed E-state index contributed by atoms with van der Waals surface area (Å²) in [7, 11) is 0. The van der Waals surface area contributed by atoms with Gasteiger partial charge in [-0.15, -0.1) is 0 Å². The Balaban J connectivity index is 1.66. The summed E-state index contributed by atoms with van der Waals surface area (Å²) in [6, 6.07) is 8.07. The van der Waals surface area contributed by atoms with Gasteiger partial charge in [0.05, 0.1) is 0 Å². The van der Waals surface area contributed by atoms with Crippen molar-refractivity contribution in [3.05, 3.63) is 63.8 Å². The number of hydrogen-bond donors (Lipinski definition) is 1. The molecule has 4 rings (SSSR count). The molecule has 1 N–H and O–H groups in total. The van der Waals surface area contributed by atoms with Crippen molar-refractivity contribution in [1.82, 2.24) is 4.90 Å². The van der Waals surface area contributed by atoms with E-state index in [1.807, 2.05) is 0 Å². The largest absolute Gasteiger partial charge is 0.381 e. The standard InChI is InChI=1S/C34H50N2O/c1-6-9-31(29-10-7-8-11-33(35)26(5)22-29)34(24(2)3)32-23-28(13-12-25(32)4)27-14-18-36(19-15-27)30-16-20-37-21-17-30/h10,12-13,22-24,27,30,35H,6-9,11,14-21H2,1-5H3/b26-22-,29-10+,34-31+,35-33?. The fraction of sp³-hybridized carbons (Fsp3) is 0.618. The Kier molecular flexibility index (Phi) is 10.0. The zero-order valence-corrected chi connectivity index (χ0v) is 24.2. The molecule has 3 heteroatoms. The van der Waals surface area contributed by atoms with Crippen LogP contribution in [0.25, 0.3) is 5.57 Å². The highest BCUT2D eigenvalue weighted by atomic mass is 16.5. The van der Waals surface area contributed by atoms with Crippen molar-refractivity contribution in [1.29, 1.82) is 5.41 Å². The number of nitrogens with zero attached hydrogens (tertiary/aromatic N) is 1. The monoisotopic (exact) mass is 502 g/mol. The predicted octanol–water partition coefficient (Wildman–Crippen LogP) is 8.64. The SMILES string of the molecule is CCCC(/C1=C/CCCC(=N)/C(C)=C\1)=C(\c1cc(C2CCN(C3CCOCC3)CC2)ccc1C)C(C)C. The molecule has 1 aliphatic carbocycles. The molecule has 0 radical (unpaired) electrons. The summed E-state index contributed by atoms with van der Waals surface area (Å²) in [5, 5.41) is 8.45. The van der Waals surface area contributed by atoms with E-state index >= 15 is 0 Å². The first kappa shape index (κ1) is 28.0. The maximum absolute atomic E-state index is 8.45. The average Bonchev–Trinajstić information content (AvgIpc) is 2.90. The first-order valence-electron chi connectivity index (χ1n) is 15.0. The average molecular weight is 503 g/mol. The van der Waals surface area contributed by atoms with Gasteiger partial charge >= 0.3 is 0 Å². The lowest BCUT2D eigenvalue weighted by atomic mass is 9.80. The van der Waals surface area contributed by atoms with E-state index in [2.05, 4.69) is 69.9 Å². The van der Waals surface area contributed by atoms with Gasteiger partial charge in [-0.25, -0.2) is 0 Å². The van der Waals surface area contributed by atoms with Crippen LogP contribution in [0.15, 0.2) is 47.1 Å². The lowest BCUT2D eigenvalue weighted by Crippen LogP contribution is -2.43. The van der Waals surface area contributed by atoms with Gasteiger partial charge in [0.25, 0.3) is 0 Å². The number of allylic oxidation sites excluding steroid dienone is 6. The van der Waals surface area contributed by atoms with E-state index in [0.717, 1.165) is 62.6 Å². The third kappa shape index (κ3) is 6.92. The van der Waals surface area contributed by atoms with Crippen LogP contribution in [0.1, 0.15) is 108 Å². The summed E-state index contributed by atoms with van der Waals surface area (Å²) in [5.74, 6) is 1.10. The lowest BCUT2D eigenvalue weighted by molar-refractivity contribution is 0.0252. The molecule has 2 aliphatic heterocycles. The highest BCUT2D eigenvalue weighted by Gasteiger charge is 2.28. The zero-order valence-electron chi connectivity index (χ0n) is 24.2. The minimum atomic E-state index is 0.449. The number of benzene rings is 1. The van der Waals surface area contributed by atoms with E-state index in [9.17, 15) is 0 Å². The van der Waals surface area contributed by atoms with Crippen LogP contribution < -0.4 is 0 Å². The van der Waals surface area contributed by atoms with Gasteiger partial charge in [-0.05, 0) is 129 Å². The number of hydrogen-bond acceptors (Lipinski definition) is 3. The van der Waals surface area contributed by atoms with Crippen molar-refractivity contribution in [2.24, 2.45) is 5.92 Å². The van der Waals surface area contributed by atoms with Gasteiger partial charge in [0.2, 0.25) is 0 Å². The van der Waals surface area contributed by atoms with Gasteiger partial charge in [-0.3, -0.25) is 0 Å². The predicted molar refractivity (Wildman–Crippen MR) is 159 cm³/mol. The summed E-state index contributed by atoms with van der Waals surface area (Å²) >= 11 is 0. The van der Waals surface area contributed by atoms with Crippen LogP contribution in [0.3, 0.4) is 0 Å². The number of likely N-dealkylation sites (tertiary alicyclic amines) is 1. The van der Waals surface area contributed by atoms with E-state index in [-0.39, 0.29) is 0 Å². The normalized spacial score (nSPS) is 24.6.